The van der Waals surface area contributed by atoms with Crippen molar-refractivity contribution >= 4 is 15.5 Å². The quantitative estimate of drug-likeness (QED) is 0.522. The summed E-state index contributed by atoms with van der Waals surface area (Å²) in [5, 5.41) is 2.68. The number of pyridine rings is 2. The molecule has 0 unspecified atom stereocenters. The van der Waals surface area contributed by atoms with Crippen LogP contribution in [0.2, 0.25) is 0 Å². The lowest BCUT2D eigenvalue weighted by atomic mass is 10.0. The van der Waals surface area contributed by atoms with Crippen molar-refractivity contribution in [3.8, 4) is 0 Å². The SMILES string of the molecule is Cc1c(NC2CCN(Cc3ccccc3)CC2)cnc(S(=O)(=O)Cc2cccc(F)n2)c1F. The van der Waals surface area contributed by atoms with E-state index in [-0.39, 0.29) is 17.3 Å². The third-order valence-corrected chi connectivity index (χ3v) is 7.38. The molecule has 174 valence electrons. The highest BCUT2D eigenvalue weighted by Gasteiger charge is 2.26. The van der Waals surface area contributed by atoms with E-state index in [0.717, 1.165) is 38.5 Å². The molecule has 0 amide bonds. The molecule has 1 fully saturated rings. The number of sulfone groups is 1. The molecule has 0 aliphatic carbocycles. The van der Waals surface area contributed by atoms with Crippen LogP contribution in [0.1, 0.15) is 29.7 Å². The topological polar surface area (TPSA) is 75.2 Å². The molecule has 0 spiro atoms. The standard InChI is InChI=1S/C24H26F2N4O2S/c1-17-21(28-19-10-12-30(13-11-19)15-18-6-3-2-4-7-18)14-27-24(23(17)26)33(31,32)16-20-8-5-9-22(25)29-20/h2-9,14,19,28H,10-13,15-16H2,1H3. The van der Waals surface area contributed by atoms with Crippen LogP contribution in [0.25, 0.3) is 0 Å². The summed E-state index contributed by atoms with van der Waals surface area (Å²) < 4.78 is 53.7. The van der Waals surface area contributed by atoms with Crippen LogP contribution in [-0.2, 0) is 22.1 Å². The van der Waals surface area contributed by atoms with Gasteiger partial charge in [0.05, 0.1) is 23.3 Å². The van der Waals surface area contributed by atoms with Gasteiger partial charge in [-0.2, -0.15) is 4.39 Å². The molecule has 4 rings (SSSR count). The Balaban J connectivity index is 1.40. The summed E-state index contributed by atoms with van der Waals surface area (Å²) in [5.41, 5.74) is 1.95. The lowest BCUT2D eigenvalue weighted by Crippen LogP contribution is -2.38. The summed E-state index contributed by atoms with van der Waals surface area (Å²) in [5.74, 6) is -2.31. The van der Waals surface area contributed by atoms with Gasteiger partial charge in [-0.3, -0.25) is 4.90 Å². The maximum absolute atomic E-state index is 15.0. The van der Waals surface area contributed by atoms with Crippen LogP contribution in [0.15, 0.2) is 59.8 Å². The molecule has 0 saturated carbocycles. The van der Waals surface area contributed by atoms with Crippen LogP contribution in [0.5, 0.6) is 0 Å². The number of anilines is 1. The number of benzene rings is 1. The van der Waals surface area contributed by atoms with Crippen molar-refractivity contribution in [1.29, 1.82) is 0 Å². The van der Waals surface area contributed by atoms with Crippen molar-refractivity contribution in [3.05, 3.63) is 83.3 Å². The van der Waals surface area contributed by atoms with Crippen LogP contribution in [0.4, 0.5) is 14.5 Å². The lowest BCUT2D eigenvalue weighted by molar-refractivity contribution is 0.211. The Hall–Kier alpha value is -2.91. The Morgan fingerprint density at radius 2 is 1.79 bits per heavy atom. The van der Waals surface area contributed by atoms with Gasteiger partial charge in [-0.15, -0.1) is 0 Å². The highest BCUT2D eigenvalue weighted by Crippen LogP contribution is 2.26. The van der Waals surface area contributed by atoms with E-state index in [0.29, 0.717) is 5.69 Å². The van der Waals surface area contributed by atoms with Crippen LogP contribution in [0.3, 0.4) is 0 Å². The van der Waals surface area contributed by atoms with E-state index in [1.807, 2.05) is 18.2 Å². The fourth-order valence-corrected chi connectivity index (χ4v) is 5.33. The summed E-state index contributed by atoms with van der Waals surface area (Å²) in [6, 6.07) is 14.3. The number of hydrogen-bond donors (Lipinski definition) is 1. The van der Waals surface area contributed by atoms with E-state index in [1.165, 1.54) is 30.8 Å². The molecule has 33 heavy (non-hydrogen) atoms. The van der Waals surface area contributed by atoms with E-state index < -0.39 is 32.4 Å². The maximum Gasteiger partial charge on any atom is 0.213 e. The van der Waals surface area contributed by atoms with Gasteiger partial charge in [0.2, 0.25) is 15.8 Å². The van der Waals surface area contributed by atoms with Crippen molar-refractivity contribution in [2.45, 2.75) is 43.1 Å². The zero-order chi connectivity index (χ0) is 23.4. The Kier molecular flexibility index (Phi) is 6.99. The van der Waals surface area contributed by atoms with Gasteiger partial charge >= 0.3 is 0 Å². The second-order valence-electron chi connectivity index (χ2n) is 8.31. The van der Waals surface area contributed by atoms with E-state index in [9.17, 15) is 12.8 Å². The number of rotatable bonds is 7. The number of piperidine rings is 1. The van der Waals surface area contributed by atoms with Gasteiger partial charge < -0.3 is 5.32 Å². The summed E-state index contributed by atoms with van der Waals surface area (Å²) in [7, 11) is -4.12. The molecule has 1 aromatic carbocycles. The summed E-state index contributed by atoms with van der Waals surface area (Å²) >= 11 is 0. The highest BCUT2D eigenvalue weighted by atomic mass is 32.2. The normalized spacial score (nSPS) is 15.5. The molecule has 0 bridgehead atoms. The summed E-state index contributed by atoms with van der Waals surface area (Å²) in [4.78, 5) is 9.84. The number of nitrogens with zero attached hydrogens (tertiary/aromatic N) is 3. The Bertz CT molecular complexity index is 1210. The molecule has 1 saturated heterocycles. The molecule has 2 aromatic heterocycles. The predicted octanol–water partition coefficient (Wildman–Crippen LogP) is 4.11. The first-order chi connectivity index (χ1) is 15.8. The Morgan fingerprint density at radius 3 is 2.48 bits per heavy atom. The van der Waals surface area contributed by atoms with Crippen molar-refractivity contribution in [2.75, 3.05) is 18.4 Å². The first-order valence-corrected chi connectivity index (χ1v) is 12.5. The van der Waals surface area contributed by atoms with Gasteiger partial charge in [-0.1, -0.05) is 36.4 Å². The zero-order valence-electron chi connectivity index (χ0n) is 18.3. The van der Waals surface area contributed by atoms with E-state index >= 15 is 4.39 Å². The van der Waals surface area contributed by atoms with Crippen LogP contribution >= 0.6 is 0 Å². The molecule has 1 aliphatic rings. The van der Waals surface area contributed by atoms with Gasteiger partial charge in [0, 0.05) is 31.2 Å². The number of likely N-dealkylation sites (tertiary alicyclic amines) is 1. The fourth-order valence-electron chi connectivity index (χ4n) is 4.01. The van der Waals surface area contributed by atoms with Crippen molar-refractivity contribution in [1.82, 2.24) is 14.9 Å². The first-order valence-electron chi connectivity index (χ1n) is 10.8. The second-order valence-corrected chi connectivity index (χ2v) is 10.2. The summed E-state index contributed by atoms with van der Waals surface area (Å²) in [6.45, 7) is 4.25. The molecule has 1 N–H and O–H groups in total. The predicted molar refractivity (Wildman–Crippen MR) is 122 cm³/mol. The third-order valence-electron chi connectivity index (χ3n) is 5.83. The van der Waals surface area contributed by atoms with Crippen LogP contribution in [0, 0.1) is 18.7 Å². The minimum Gasteiger partial charge on any atom is -0.381 e. The molecule has 3 heterocycles. The van der Waals surface area contributed by atoms with E-state index in [4.69, 9.17) is 0 Å². The third kappa shape index (κ3) is 5.72. The fraction of sp³-hybridized carbons (Fsp3) is 0.333. The van der Waals surface area contributed by atoms with Gasteiger partial charge in [0.1, 0.15) is 0 Å². The monoisotopic (exact) mass is 472 g/mol. The molecule has 3 aromatic rings. The summed E-state index contributed by atoms with van der Waals surface area (Å²) in [6.07, 6.45) is 3.14. The molecular weight excluding hydrogens is 446 g/mol. The van der Waals surface area contributed by atoms with Gasteiger partial charge in [0.25, 0.3) is 0 Å². The maximum atomic E-state index is 15.0. The van der Waals surface area contributed by atoms with Crippen LogP contribution in [-0.4, -0.2) is 42.4 Å². The Labute approximate surface area is 192 Å². The Morgan fingerprint density at radius 1 is 1.06 bits per heavy atom. The lowest BCUT2D eigenvalue weighted by Gasteiger charge is -2.33. The molecular formula is C24H26F2N4O2S. The van der Waals surface area contributed by atoms with Crippen LogP contribution < -0.4 is 5.32 Å². The van der Waals surface area contributed by atoms with E-state index in [2.05, 4.69) is 32.3 Å². The molecule has 9 heteroatoms. The van der Waals surface area contributed by atoms with Crippen molar-refractivity contribution in [3.63, 3.8) is 0 Å². The van der Waals surface area contributed by atoms with Gasteiger partial charge in [-0.05, 0) is 37.5 Å². The number of nitrogens with one attached hydrogen (secondary N) is 1. The molecule has 6 nitrogen and oxygen atoms in total. The number of hydrogen-bond acceptors (Lipinski definition) is 6. The van der Waals surface area contributed by atoms with Gasteiger partial charge in [0.15, 0.2) is 10.8 Å². The van der Waals surface area contributed by atoms with Crippen molar-refractivity contribution in [2.24, 2.45) is 0 Å². The van der Waals surface area contributed by atoms with Gasteiger partial charge in [-0.25, -0.2) is 22.8 Å². The molecule has 0 radical (unpaired) electrons. The van der Waals surface area contributed by atoms with E-state index in [1.54, 1.807) is 0 Å². The zero-order valence-corrected chi connectivity index (χ0v) is 19.2. The largest absolute Gasteiger partial charge is 0.381 e. The number of halogens is 2. The number of aromatic nitrogens is 2. The van der Waals surface area contributed by atoms with Crippen molar-refractivity contribution < 1.29 is 17.2 Å². The smallest absolute Gasteiger partial charge is 0.213 e. The highest BCUT2D eigenvalue weighted by molar-refractivity contribution is 7.90. The first kappa shape index (κ1) is 23.3. The second kappa shape index (κ2) is 9.93. The minimum absolute atomic E-state index is 0.00156. The average molecular weight is 473 g/mol. The molecule has 0 atom stereocenters. The molecule has 1 aliphatic heterocycles. The minimum atomic E-state index is -4.12. The average Bonchev–Trinajstić information content (AvgIpc) is 2.78.